The number of hydrogen-bond acceptors (Lipinski definition) is 5. The number of hydrogen-bond donors (Lipinski definition) is 1. The number of ether oxygens (including phenoxy) is 2. The largest absolute Gasteiger partial charge is 0.497 e. The van der Waals surface area contributed by atoms with Crippen molar-refractivity contribution in [3.8, 4) is 22.9 Å². The van der Waals surface area contributed by atoms with Gasteiger partial charge in [0.15, 0.2) is 0 Å². The number of aromatic nitrogens is 3. The van der Waals surface area contributed by atoms with E-state index < -0.39 is 0 Å². The van der Waals surface area contributed by atoms with Crippen LogP contribution in [0.3, 0.4) is 0 Å². The van der Waals surface area contributed by atoms with Crippen molar-refractivity contribution in [2.75, 3.05) is 20.2 Å². The van der Waals surface area contributed by atoms with Crippen LogP contribution >= 0.6 is 15.9 Å². The number of rotatable bonds is 5. The van der Waals surface area contributed by atoms with Crippen LogP contribution in [-0.4, -0.2) is 52.3 Å². The van der Waals surface area contributed by atoms with Gasteiger partial charge in [0.05, 0.1) is 23.8 Å². The van der Waals surface area contributed by atoms with Gasteiger partial charge in [-0.15, -0.1) is 0 Å². The zero-order chi connectivity index (χ0) is 19.5. The number of halogens is 1. The summed E-state index contributed by atoms with van der Waals surface area (Å²) < 4.78 is 12.0. The second-order valence-corrected chi connectivity index (χ2v) is 7.32. The van der Waals surface area contributed by atoms with Crippen LogP contribution in [0.5, 0.6) is 11.6 Å². The quantitative estimate of drug-likeness (QED) is 0.653. The average Bonchev–Trinajstić information content (AvgIpc) is 3.39. The van der Waals surface area contributed by atoms with E-state index >= 15 is 0 Å². The lowest BCUT2D eigenvalue weighted by Crippen LogP contribution is -2.31. The third kappa shape index (κ3) is 3.87. The molecule has 0 spiro atoms. The van der Waals surface area contributed by atoms with Gasteiger partial charge >= 0.3 is 0 Å². The summed E-state index contributed by atoms with van der Waals surface area (Å²) in [6.07, 6.45) is 2.35. The number of benzene rings is 1. The molecular formula is C20H19BrN4O3. The van der Waals surface area contributed by atoms with Gasteiger partial charge in [0.1, 0.15) is 17.5 Å². The zero-order valence-corrected chi connectivity index (χ0v) is 16.8. The van der Waals surface area contributed by atoms with Gasteiger partial charge in [0.25, 0.3) is 5.91 Å². The van der Waals surface area contributed by atoms with E-state index in [-0.39, 0.29) is 12.0 Å². The number of carbonyl (C=O) groups excluding carboxylic acids is 1. The molecule has 1 unspecified atom stereocenters. The number of pyridine rings is 1. The molecule has 3 heterocycles. The first-order chi connectivity index (χ1) is 13.6. The minimum atomic E-state index is -0.0900. The van der Waals surface area contributed by atoms with Gasteiger partial charge in [-0.1, -0.05) is 12.1 Å². The minimum absolute atomic E-state index is 0.0871. The molecule has 1 N–H and O–H groups in total. The second-order valence-electron chi connectivity index (χ2n) is 6.47. The Hall–Kier alpha value is -2.87. The van der Waals surface area contributed by atoms with Crippen LogP contribution in [0.25, 0.3) is 11.3 Å². The monoisotopic (exact) mass is 442 g/mol. The number of H-pyrrole nitrogens is 1. The maximum absolute atomic E-state index is 12.8. The fraction of sp³-hybridized carbons (Fsp3) is 0.250. The number of amides is 1. The first kappa shape index (κ1) is 18.5. The van der Waals surface area contributed by atoms with Gasteiger partial charge in [-0.05, 0) is 46.3 Å². The topological polar surface area (TPSA) is 80.3 Å². The van der Waals surface area contributed by atoms with E-state index in [9.17, 15) is 4.79 Å². The van der Waals surface area contributed by atoms with E-state index in [2.05, 4.69) is 31.1 Å². The van der Waals surface area contributed by atoms with Crippen molar-refractivity contribution in [1.82, 2.24) is 20.1 Å². The molecule has 0 bridgehead atoms. The highest BCUT2D eigenvalue weighted by atomic mass is 79.9. The molecule has 28 heavy (non-hydrogen) atoms. The fourth-order valence-corrected chi connectivity index (χ4v) is 3.50. The molecular weight excluding hydrogens is 424 g/mol. The Balaban J connectivity index is 1.43. The molecule has 1 amide bonds. The lowest BCUT2D eigenvalue weighted by molar-refractivity contribution is 0.0765. The van der Waals surface area contributed by atoms with E-state index in [0.717, 1.165) is 22.2 Å². The Bertz CT molecular complexity index is 991. The van der Waals surface area contributed by atoms with Gasteiger partial charge < -0.3 is 14.4 Å². The summed E-state index contributed by atoms with van der Waals surface area (Å²) in [5.74, 6) is 1.20. The van der Waals surface area contributed by atoms with Crippen molar-refractivity contribution in [2.24, 2.45) is 0 Å². The Morgan fingerprint density at radius 1 is 1.29 bits per heavy atom. The third-order valence-corrected chi connectivity index (χ3v) is 5.21. The first-order valence-electron chi connectivity index (χ1n) is 8.90. The number of likely N-dealkylation sites (tertiary alicyclic amines) is 1. The fourth-order valence-electron chi connectivity index (χ4n) is 3.16. The van der Waals surface area contributed by atoms with E-state index in [1.54, 1.807) is 24.3 Å². The van der Waals surface area contributed by atoms with E-state index in [4.69, 9.17) is 9.47 Å². The standard InChI is InChI=1S/C20H19BrN4O3/c1-27-14-5-2-4-13(10-14)17-11-18(24-23-17)20(26)25-9-7-15(12-25)28-19-16(21)6-3-8-22-19/h2-6,8,10-11,15H,7,9,12H2,1H3,(H,23,24). The maximum atomic E-state index is 12.8. The molecule has 1 saturated heterocycles. The van der Waals surface area contributed by atoms with Crippen LogP contribution in [-0.2, 0) is 0 Å². The van der Waals surface area contributed by atoms with Gasteiger partial charge in [0.2, 0.25) is 5.88 Å². The van der Waals surface area contributed by atoms with Crippen molar-refractivity contribution in [3.63, 3.8) is 0 Å². The van der Waals surface area contributed by atoms with Gasteiger partial charge in [-0.25, -0.2) is 4.98 Å². The van der Waals surface area contributed by atoms with E-state index in [1.807, 2.05) is 36.4 Å². The van der Waals surface area contributed by atoms with Crippen LogP contribution in [0.1, 0.15) is 16.9 Å². The summed E-state index contributed by atoms with van der Waals surface area (Å²) in [5, 5.41) is 7.13. The van der Waals surface area contributed by atoms with Gasteiger partial charge in [0, 0.05) is 24.7 Å². The highest BCUT2D eigenvalue weighted by molar-refractivity contribution is 9.10. The smallest absolute Gasteiger partial charge is 0.272 e. The number of carbonyl (C=O) groups is 1. The van der Waals surface area contributed by atoms with Crippen LogP contribution in [0.4, 0.5) is 0 Å². The number of nitrogens with zero attached hydrogens (tertiary/aromatic N) is 3. The molecule has 144 valence electrons. The first-order valence-corrected chi connectivity index (χ1v) is 9.69. The van der Waals surface area contributed by atoms with Crippen LogP contribution in [0.2, 0.25) is 0 Å². The van der Waals surface area contributed by atoms with Crippen molar-refractivity contribution >= 4 is 21.8 Å². The van der Waals surface area contributed by atoms with Crippen LogP contribution < -0.4 is 9.47 Å². The minimum Gasteiger partial charge on any atom is -0.497 e. The zero-order valence-electron chi connectivity index (χ0n) is 15.3. The van der Waals surface area contributed by atoms with Crippen LogP contribution in [0.15, 0.2) is 53.1 Å². The molecule has 0 saturated carbocycles. The predicted molar refractivity (Wildman–Crippen MR) is 107 cm³/mol. The normalized spacial score (nSPS) is 16.2. The number of aromatic amines is 1. The summed E-state index contributed by atoms with van der Waals surface area (Å²) in [6, 6.07) is 13.0. The molecule has 2 aromatic heterocycles. The molecule has 0 aliphatic carbocycles. The van der Waals surface area contributed by atoms with Crippen molar-refractivity contribution in [1.29, 1.82) is 0 Å². The molecule has 1 aliphatic heterocycles. The SMILES string of the molecule is COc1cccc(-c2cc(C(=O)N3CCC(Oc4ncccc4Br)C3)[nH]n2)c1. The Labute approximate surface area is 170 Å². The molecule has 1 aliphatic rings. The Morgan fingerprint density at radius 2 is 2.18 bits per heavy atom. The number of methoxy groups -OCH3 is 1. The lowest BCUT2D eigenvalue weighted by Gasteiger charge is -2.16. The third-order valence-electron chi connectivity index (χ3n) is 4.61. The molecule has 1 aromatic carbocycles. The van der Waals surface area contributed by atoms with Crippen LogP contribution in [0, 0.1) is 0 Å². The van der Waals surface area contributed by atoms with E-state index in [1.165, 1.54) is 0 Å². The molecule has 7 nitrogen and oxygen atoms in total. The van der Waals surface area contributed by atoms with Gasteiger partial charge in [-0.3, -0.25) is 9.89 Å². The second kappa shape index (κ2) is 8.02. The molecule has 4 rings (SSSR count). The average molecular weight is 443 g/mol. The van der Waals surface area contributed by atoms with Crippen molar-refractivity contribution in [2.45, 2.75) is 12.5 Å². The number of nitrogens with one attached hydrogen (secondary N) is 1. The predicted octanol–water partition coefficient (Wildman–Crippen LogP) is 3.54. The Kier molecular flexibility index (Phi) is 5.29. The summed E-state index contributed by atoms with van der Waals surface area (Å²) in [5.41, 5.74) is 2.04. The summed E-state index contributed by atoms with van der Waals surface area (Å²) >= 11 is 3.43. The summed E-state index contributed by atoms with van der Waals surface area (Å²) in [4.78, 5) is 18.8. The summed E-state index contributed by atoms with van der Waals surface area (Å²) in [6.45, 7) is 1.14. The highest BCUT2D eigenvalue weighted by Gasteiger charge is 2.30. The highest BCUT2D eigenvalue weighted by Crippen LogP contribution is 2.26. The van der Waals surface area contributed by atoms with Crippen molar-refractivity contribution in [3.05, 3.63) is 58.8 Å². The molecule has 3 aromatic rings. The molecule has 0 radical (unpaired) electrons. The van der Waals surface area contributed by atoms with Gasteiger partial charge in [-0.2, -0.15) is 5.10 Å². The lowest BCUT2D eigenvalue weighted by atomic mass is 10.1. The molecule has 1 fully saturated rings. The maximum Gasteiger partial charge on any atom is 0.272 e. The van der Waals surface area contributed by atoms with Crippen molar-refractivity contribution < 1.29 is 14.3 Å². The van der Waals surface area contributed by atoms with E-state index in [0.29, 0.717) is 30.4 Å². The summed E-state index contributed by atoms with van der Waals surface area (Å²) in [7, 11) is 1.62. The molecule has 1 atom stereocenters. The Morgan fingerprint density at radius 3 is 3.00 bits per heavy atom. The molecule has 8 heteroatoms.